The summed E-state index contributed by atoms with van der Waals surface area (Å²) in [7, 11) is 0. The zero-order chi connectivity index (χ0) is 14.9. The standard InChI is InChI=1S/C13H12F2N2O2S/c1-6-5-16-12(20-6)7(2)17-11-9(14)3-8(13(18)19)4-10(11)15/h3-5,7,17H,1-2H3,(H,18,19). The van der Waals surface area contributed by atoms with Crippen LogP contribution in [0.3, 0.4) is 0 Å². The second-order valence-corrected chi connectivity index (χ2v) is 5.56. The monoisotopic (exact) mass is 298 g/mol. The number of hydrogen-bond donors (Lipinski definition) is 2. The van der Waals surface area contributed by atoms with Crippen molar-refractivity contribution in [3.63, 3.8) is 0 Å². The molecule has 1 atom stereocenters. The molecule has 2 rings (SSSR count). The molecule has 20 heavy (non-hydrogen) atoms. The van der Waals surface area contributed by atoms with Gasteiger partial charge in [-0.2, -0.15) is 0 Å². The summed E-state index contributed by atoms with van der Waals surface area (Å²) in [6.45, 7) is 3.61. The Morgan fingerprint density at radius 1 is 1.40 bits per heavy atom. The van der Waals surface area contributed by atoms with Crippen LogP contribution in [-0.4, -0.2) is 16.1 Å². The minimum absolute atomic E-state index is 0.352. The average Bonchev–Trinajstić information content (AvgIpc) is 2.80. The van der Waals surface area contributed by atoms with Gasteiger partial charge in [-0.3, -0.25) is 0 Å². The van der Waals surface area contributed by atoms with Crippen LogP contribution in [0.15, 0.2) is 18.3 Å². The summed E-state index contributed by atoms with van der Waals surface area (Å²) >= 11 is 1.42. The highest BCUT2D eigenvalue weighted by Crippen LogP contribution is 2.27. The van der Waals surface area contributed by atoms with Crippen molar-refractivity contribution in [3.05, 3.63) is 45.4 Å². The van der Waals surface area contributed by atoms with Crippen molar-refractivity contribution < 1.29 is 18.7 Å². The van der Waals surface area contributed by atoms with Gasteiger partial charge in [0.05, 0.1) is 11.6 Å². The van der Waals surface area contributed by atoms with E-state index < -0.39 is 23.2 Å². The normalized spacial score (nSPS) is 12.2. The highest BCUT2D eigenvalue weighted by atomic mass is 32.1. The first-order chi connectivity index (χ1) is 9.38. The van der Waals surface area contributed by atoms with Crippen LogP contribution in [0.2, 0.25) is 0 Å². The van der Waals surface area contributed by atoms with Gasteiger partial charge in [0.1, 0.15) is 22.3 Å². The first kappa shape index (κ1) is 14.4. The maximum atomic E-state index is 13.8. The number of nitrogens with zero attached hydrogens (tertiary/aromatic N) is 1. The summed E-state index contributed by atoms with van der Waals surface area (Å²) < 4.78 is 27.5. The molecular formula is C13H12F2N2O2S. The predicted molar refractivity (Wildman–Crippen MR) is 72.2 cm³/mol. The number of carboxylic acids is 1. The second-order valence-electron chi connectivity index (χ2n) is 4.30. The molecule has 0 saturated heterocycles. The highest BCUT2D eigenvalue weighted by molar-refractivity contribution is 7.11. The number of halogens is 2. The van der Waals surface area contributed by atoms with Crippen molar-refractivity contribution in [3.8, 4) is 0 Å². The Hall–Kier alpha value is -2.02. The van der Waals surface area contributed by atoms with Crippen LogP contribution in [0.4, 0.5) is 14.5 Å². The smallest absolute Gasteiger partial charge is 0.335 e. The maximum absolute atomic E-state index is 13.8. The Bertz CT molecular complexity index is 635. The molecule has 0 spiro atoms. The van der Waals surface area contributed by atoms with E-state index in [1.54, 1.807) is 13.1 Å². The fourth-order valence-corrected chi connectivity index (χ4v) is 2.46. The lowest BCUT2D eigenvalue weighted by atomic mass is 10.1. The number of aromatic carboxylic acids is 1. The number of carboxylic acid groups (broad SMARTS) is 1. The number of aromatic nitrogens is 1. The Kier molecular flexibility index (Phi) is 3.99. The third kappa shape index (κ3) is 2.93. The largest absolute Gasteiger partial charge is 0.478 e. The van der Waals surface area contributed by atoms with Crippen molar-refractivity contribution in [1.82, 2.24) is 4.98 Å². The van der Waals surface area contributed by atoms with Gasteiger partial charge >= 0.3 is 5.97 Å². The number of nitrogens with one attached hydrogen (secondary N) is 1. The molecule has 1 unspecified atom stereocenters. The maximum Gasteiger partial charge on any atom is 0.335 e. The molecule has 1 aromatic heterocycles. The van der Waals surface area contributed by atoms with Gasteiger partial charge in [-0.1, -0.05) is 0 Å². The number of thiazole rings is 1. The zero-order valence-corrected chi connectivity index (χ0v) is 11.6. The Morgan fingerprint density at radius 3 is 2.45 bits per heavy atom. The molecule has 2 N–H and O–H groups in total. The molecule has 0 saturated carbocycles. The third-order valence-corrected chi connectivity index (χ3v) is 3.75. The molecule has 0 fully saturated rings. The molecule has 0 radical (unpaired) electrons. The lowest BCUT2D eigenvalue weighted by molar-refractivity contribution is 0.0696. The van der Waals surface area contributed by atoms with Crippen LogP contribution in [-0.2, 0) is 0 Å². The van der Waals surface area contributed by atoms with Crippen LogP contribution in [0.25, 0.3) is 0 Å². The molecule has 0 aliphatic heterocycles. The SMILES string of the molecule is Cc1cnc(C(C)Nc2c(F)cc(C(=O)O)cc2F)s1. The van der Waals surface area contributed by atoms with Crippen molar-refractivity contribution in [2.75, 3.05) is 5.32 Å². The third-order valence-electron chi connectivity index (χ3n) is 2.66. The molecule has 0 bridgehead atoms. The van der Waals surface area contributed by atoms with E-state index in [9.17, 15) is 13.6 Å². The van der Waals surface area contributed by atoms with E-state index in [-0.39, 0.29) is 11.7 Å². The fraction of sp³-hybridized carbons (Fsp3) is 0.231. The number of carbonyl (C=O) groups is 1. The summed E-state index contributed by atoms with van der Waals surface area (Å²) in [6, 6.07) is 1.19. The lowest BCUT2D eigenvalue weighted by Crippen LogP contribution is -2.10. The van der Waals surface area contributed by atoms with E-state index in [0.29, 0.717) is 5.01 Å². The van der Waals surface area contributed by atoms with E-state index in [2.05, 4.69) is 10.3 Å². The molecule has 0 amide bonds. The molecule has 0 aliphatic rings. The average molecular weight is 298 g/mol. The fourth-order valence-electron chi connectivity index (χ4n) is 1.69. The second kappa shape index (κ2) is 5.54. The Balaban J connectivity index is 2.27. The van der Waals surface area contributed by atoms with E-state index in [4.69, 9.17) is 5.11 Å². The van der Waals surface area contributed by atoms with E-state index >= 15 is 0 Å². The van der Waals surface area contributed by atoms with E-state index in [0.717, 1.165) is 17.0 Å². The van der Waals surface area contributed by atoms with Crippen molar-refractivity contribution in [2.24, 2.45) is 0 Å². The van der Waals surface area contributed by atoms with Gasteiger partial charge in [0.2, 0.25) is 0 Å². The van der Waals surface area contributed by atoms with Crippen LogP contribution in [0, 0.1) is 18.6 Å². The van der Waals surface area contributed by atoms with Gasteiger partial charge in [0.15, 0.2) is 0 Å². The van der Waals surface area contributed by atoms with Gasteiger partial charge in [0, 0.05) is 11.1 Å². The predicted octanol–water partition coefficient (Wildman–Crippen LogP) is 3.60. The molecule has 0 aliphatic carbocycles. The minimum atomic E-state index is -1.38. The van der Waals surface area contributed by atoms with Crippen LogP contribution in [0.1, 0.15) is 33.2 Å². The highest BCUT2D eigenvalue weighted by Gasteiger charge is 2.18. The van der Waals surface area contributed by atoms with Gasteiger partial charge < -0.3 is 10.4 Å². The number of benzene rings is 1. The van der Waals surface area contributed by atoms with E-state index in [1.807, 2.05) is 6.92 Å². The number of aryl methyl sites for hydroxylation is 1. The number of anilines is 1. The first-order valence-electron chi connectivity index (χ1n) is 5.79. The summed E-state index contributed by atoms with van der Waals surface area (Å²) in [5.41, 5.74) is -0.779. The van der Waals surface area contributed by atoms with Crippen molar-refractivity contribution in [2.45, 2.75) is 19.9 Å². The Labute approximate surface area is 118 Å². The van der Waals surface area contributed by atoms with Crippen molar-refractivity contribution in [1.29, 1.82) is 0 Å². The molecule has 4 nitrogen and oxygen atoms in total. The summed E-state index contributed by atoms with van der Waals surface area (Å²) in [5.74, 6) is -3.26. The van der Waals surface area contributed by atoms with Crippen LogP contribution >= 0.6 is 11.3 Å². The molecule has 106 valence electrons. The van der Waals surface area contributed by atoms with Crippen LogP contribution in [0.5, 0.6) is 0 Å². The summed E-state index contributed by atoms with van der Waals surface area (Å²) in [4.78, 5) is 15.8. The van der Waals surface area contributed by atoms with Gasteiger partial charge in [-0.15, -0.1) is 11.3 Å². The number of hydrogen-bond acceptors (Lipinski definition) is 4. The molecule has 2 aromatic rings. The number of rotatable bonds is 4. The topological polar surface area (TPSA) is 62.2 Å². The molecule has 1 heterocycles. The Morgan fingerprint density at radius 2 is 2.00 bits per heavy atom. The summed E-state index contributed by atoms with van der Waals surface area (Å²) in [6.07, 6.45) is 1.68. The quantitative estimate of drug-likeness (QED) is 0.905. The zero-order valence-electron chi connectivity index (χ0n) is 10.8. The molecule has 1 aromatic carbocycles. The molecular weight excluding hydrogens is 286 g/mol. The van der Waals surface area contributed by atoms with E-state index in [1.165, 1.54) is 11.3 Å². The molecule has 7 heteroatoms. The first-order valence-corrected chi connectivity index (χ1v) is 6.61. The van der Waals surface area contributed by atoms with Gasteiger partial charge in [-0.25, -0.2) is 18.6 Å². The lowest BCUT2D eigenvalue weighted by Gasteiger charge is -2.14. The van der Waals surface area contributed by atoms with Gasteiger partial charge in [-0.05, 0) is 26.0 Å². The van der Waals surface area contributed by atoms with Gasteiger partial charge in [0.25, 0.3) is 0 Å². The summed E-state index contributed by atoms with van der Waals surface area (Å²) in [5, 5.41) is 12.1. The van der Waals surface area contributed by atoms with Crippen LogP contribution < -0.4 is 5.32 Å². The van der Waals surface area contributed by atoms with Crippen molar-refractivity contribution >= 4 is 23.0 Å². The minimum Gasteiger partial charge on any atom is -0.478 e.